The average Bonchev–Trinajstić information content (AvgIpc) is 3.29. The molecule has 0 bridgehead atoms. The number of carbonyl (C=O) groups is 2. The fraction of sp³-hybridized carbons (Fsp3) is 0.724. The summed E-state index contributed by atoms with van der Waals surface area (Å²) in [7, 11) is 0. The van der Waals surface area contributed by atoms with Crippen molar-refractivity contribution in [3.8, 4) is 0 Å². The molecule has 0 aromatic carbocycles. The zero-order valence-corrected chi connectivity index (χ0v) is 41.9. The minimum atomic E-state index is -0.802. The Labute approximate surface area is 395 Å². The maximum Gasteiger partial charge on any atom is 0.306 e. The van der Waals surface area contributed by atoms with Gasteiger partial charge in [0, 0.05) is 6.42 Å². The van der Waals surface area contributed by atoms with Gasteiger partial charge in [0.1, 0.15) is 6.10 Å². The van der Waals surface area contributed by atoms with Gasteiger partial charge in [0.25, 0.3) is 0 Å². The molecule has 6 nitrogen and oxygen atoms in total. The summed E-state index contributed by atoms with van der Waals surface area (Å²) in [5, 5.41) is 23.8. The predicted octanol–water partition coefficient (Wildman–Crippen LogP) is 16.3. The van der Waals surface area contributed by atoms with E-state index >= 15 is 0 Å². The molecule has 0 heterocycles. The Balaban J connectivity index is 4.69. The third-order valence-electron chi connectivity index (χ3n) is 11.8. The molecule has 0 radical (unpaired) electrons. The van der Waals surface area contributed by atoms with Crippen molar-refractivity contribution >= 4 is 11.9 Å². The number of allylic oxidation sites excluding steroid dienone is 14. The van der Waals surface area contributed by atoms with Crippen molar-refractivity contribution in [1.82, 2.24) is 5.32 Å². The van der Waals surface area contributed by atoms with Crippen molar-refractivity contribution in [3.63, 3.8) is 0 Å². The van der Waals surface area contributed by atoms with Crippen molar-refractivity contribution in [1.29, 1.82) is 0 Å². The summed E-state index contributed by atoms with van der Waals surface area (Å²) in [6.07, 6.45) is 66.3. The van der Waals surface area contributed by atoms with Crippen LogP contribution in [0.2, 0.25) is 0 Å². The number of amides is 1. The van der Waals surface area contributed by atoms with E-state index < -0.39 is 18.2 Å². The number of carbonyl (C=O) groups excluding carboxylic acids is 2. The molecule has 0 rings (SSSR count). The second-order valence-corrected chi connectivity index (χ2v) is 18.0. The SMILES string of the molecule is CC/C=C/C=C/C=C\C=C/C=C/CCCCCC(=O)OC(CCCCCCCCC/C=C\C/C=C\CCCCC)CC(=O)NC(CO)C(O)CCCCCCCCCCCCCCC. The first-order valence-electron chi connectivity index (χ1n) is 26.9. The topological polar surface area (TPSA) is 95.9 Å². The molecule has 0 aromatic heterocycles. The van der Waals surface area contributed by atoms with Crippen LogP contribution in [0.1, 0.15) is 245 Å². The molecule has 3 N–H and O–H groups in total. The monoisotopic (exact) mass is 892 g/mol. The molecule has 0 aliphatic heterocycles. The highest BCUT2D eigenvalue weighted by Crippen LogP contribution is 2.18. The fourth-order valence-corrected chi connectivity index (χ4v) is 7.78. The highest BCUT2D eigenvalue weighted by molar-refractivity contribution is 5.77. The van der Waals surface area contributed by atoms with Gasteiger partial charge in [0.15, 0.2) is 0 Å². The van der Waals surface area contributed by atoms with E-state index in [1.54, 1.807) is 0 Å². The summed E-state index contributed by atoms with van der Waals surface area (Å²) in [5.41, 5.74) is 0. The van der Waals surface area contributed by atoms with E-state index in [0.717, 1.165) is 83.5 Å². The van der Waals surface area contributed by atoms with E-state index in [-0.39, 0.29) is 24.9 Å². The van der Waals surface area contributed by atoms with Crippen LogP contribution in [0.5, 0.6) is 0 Å². The van der Waals surface area contributed by atoms with Crippen LogP contribution in [-0.4, -0.2) is 46.9 Å². The maximum absolute atomic E-state index is 13.2. The van der Waals surface area contributed by atoms with E-state index in [9.17, 15) is 19.8 Å². The summed E-state index contributed by atoms with van der Waals surface area (Å²) in [4.78, 5) is 26.2. The zero-order valence-electron chi connectivity index (χ0n) is 41.9. The molecule has 3 unspecified atom stereocenters. The molecule has 0 aliphatic carbocycles. The zero-order chi connectivity index (χ0) is 46.7. The Morgan fingerprint density at radius 1 is 0.484 bits per heavy atom. The number of esters is 1. The lowest BCUT2D eigenvalue weighted by atomic mass is 10.0. The fourth-order valence-electron chi connectivity index (χ4n) is 7.78. The number of ether oxygens (including phenoxy) is 1. The van der Waals surface area contributed by atoms with Crippen LogP contribution in [-0.2, 0) is 14.3 Å². The van der Waals surface area contributed by atoms with Crippen LogP contribution in [0.15, 0.2) is 85.1 Å². The van der Waals surface area contributed by atoms with Crippen molar-refractivity contribution in [2.24, 2.45) is 0 Å². The summed E-state index contributed by atoms with van der Waals surface area (Å²) in [5.74, 6) is -0.532. The molecule has 368 valence electrons. The van der Waals surface area contributed by atoms with Gasteiger partial charge in [-0.1, -0.05) is 241 Å². The van der Waals surface area contributed by atoms with E-state index in [4.69, 9.17) is 4.74 Å². The highest BCUT2D eigenvalue weighted by Gasteiger charge is 2.24. The van der Waals surface area contributed by atoms with E-state index in [0.29, 0.717) is 19.3 Å². The van der Waals surface area contributed by atoms with Crippen molar-refractivity contribution in [3.05, 3.63) is 85.1 Å². The lowest BCUT2D eigenvalue weighted by Gasteiger charge is -2.24. The summed E-state index contributed by atoms with van der Waals surface area (Å²) in [6.45, 7) is 6.31. The lowest BCUT2D eigenvalue weighted by molar-refractivity contribution is -0.151. The molecule has 0 saturated heterocycles. The van der Waals surface area contributed by atoms with Crippen LogP contribution >= 0.6 is 0 Å². The minimum absolute atomic E-state index is 0.0512. The predicted molar refractivity (Wildman–Crippen MR) is 278 cm³/mol. The first kappa shape index (κ1) is 61.0. The second kappa shape index (κ2) is 51.0. The van der Waals surface area contributed by atoms with Gasteiger partial charge in [0.05, 0.1) is 25.2 Å². The molecular formula is C58H101NO5. The largest absolute Gasteiger partial charge is 0.462 e. The van der Waals surface area contributed by atoms with Gasteiger partial charge in [-0.2, -0.15) is 0 Å². The van der Waals surface area contributed by atoms with Crippen LogP contribution in [0, 0.1) is 0 Å². The number of nitrogens with one attached hydrogen (secondary N) is 1. The first-order chi connectivity index (χ1) is 31.5. The normalized spacial score (nSPS) is 13.9. The molecule has 6 heteroatoms. The van der Waals surface area contributed by atoms with E-state index in [1.807, 2.05) is 36.5 Å². The third-order valence-corrected chi connectivity index (χ3v) is 11.8. The van der Waals surface area contributed by atoms with Gasteiger partial charge >= 0.3 is 5.97 Å². The van der Waals surface area contributed by atoms with Crippen LogP contribution in [0.4, 0.5) is 0 Å². The summed E-state index contributed by atoms with van der Waals surface area (Å²) in [6, 6.07) is -0.718. The van der Waals surface area contributed by atoms with E-state index in [1.165, 1.54) is 116 Å². The number of hydrogen-bond donors (Lipinski definition) is 3. The molecule has 64 heavy (non-hydrogen) atoms. The van der Waals surface area contributed by atoms with Gasteiger partial charge in [-0.25, -0.2) is 0 Å². The first-order valence-corrected chi connectivity index (χ1v) is 26.9. The Hall–Kier alpha value is -2.96. The van der Waals surface area contributed by atoms with Crippen molar-refractivity contribution < 1.29 is 24.5 Å². The Morgan fingerprint density at radius 3 is 1.44 bits per heavy atom. The lowest BCUT2D eigenvalue weighted by Crippen LogP contribution is -2.46. The molecule has 0 aromatic rings. The Bertz CT molecular complexity index is 1230. The van der Waals surface area contributed by atoms with Gasteiger partial charge < -0.3 is 20.3 Å². The summed E-state index contributed by atoms with van der Waals surface area (Å²) < 4.78 is 5.92. The smallest absolute Gasteiger partial charge is 0.306 e. The summed E-state index contributed by atoms with van der Waals surface area (Å²) >= 11 is 0. The quantitative estimate of drug-likeness (QED) is 0.0245. The number of hydrogen-bond acceptors (Lipinski definition) is 5. The third kappa shape index (κ3) is 45.6. The van der Waals surface area contributed by atoms with Crippen LogP contribution in [0.3, 0.4) is 0 Å². The van der Waals surface area contributed by atoms with Gasteiger partial charge in [-0.15, -0.1) is 0 Å². The highest BCUT2D eigenvalue weighted by atomic mass is 16.5. The number of rotatable bonds is 47. The van der Waals surface area contributed by atoms with Gasteiger partial charge in [0.2, 0.25) is 5.91 Å². The molecule has 3 atom stereocenters. The number of aliphatic hydroxyl groups excluding tert-OH is 2. The molecule has 0 spiro atoms. The van der Waals surface area contributed by atoms with Gasteiger partial charge in [-0.3, -0.25) is 9.59 Å². The molecular weight excluding hydrogens is 791 g/mol. The van der Waals surface area contributed by atoms with Gasteiger partial charge in [-0.05, 0) is 77.0 Å². The maximum atomic E-state index is 13.2. The molecule has 1 amide bonds. The standard InChI is InChI=1S/C58H101NO5/c1-4-7-10-13-16-19-22-25-27-28-30-32-34-37-40-43-46-49-54(64-58(63)51-48-45-42-39-36-33-29-26-23-20-17-14-11-8-5-2)52-57(62)59-55(53-60)56(61)50-47-44-41-38-35-31-24-21-18-15-12-9-6-3/h8,11,14,16-17,19-20,23,25-27,29,33,36,54-56,60-61H,4-7,9-10,12-13,15,18,21-22,24,28,30-32,34-35,37-53H2,1-3H3,(H,59,62)/b11-8+,17-14+,19-16-,23-20-,27-25-,29-26-,36-33+. The minimum Gasteiger partial charge on any atom is -0.462 e. The Morgan fingerprint density at radius 2 is 0.906 bits per heavy atom. The van der Waals surface area contributed by atoms with E-state index in [2.05, 4.69) is 74.7 Å². The number of unbranched alkanes of at least 4 members (excludes halogenated alkanes) is 25. The van der Waals surface area contributed by atoms with Crippen LogP contribution < -0.4 is 5.32 Å². The average molecular weight is 892 g/mol. The molecule has 0 fully saturated rings. The molecule has 0 saturated carbocycles. The molecule has 0 aliphatic rings. The van der Waals surface area contributed by atoms with Crippen molar-refractivity contribution in [2.45, 2.75) is 264 Å². The van der Waals surface area contributed by atoms with Crippen LogP contribution in [0.25, 0.3) is 0 Å². The van der Waals surface area contributed by atoms with Crippen molar-refractivity contribution in [2.75, 3.05) is 6.61 Å². The second-order valence-electron chi connectivity index (χ2n) is 18.0. The Kier molecular flexibility index (Phi) is 48.7. The number of aliphatic hydroxyl groups is 2.